The second-order valence-electron chi connectivity index (χ2n) is 6.53. The SMILES string of the molecule is CCOC1CCN(CC2C3CCC(C3)C2N)CC1. The summed E-state index contributed by atoms with van der Waals surface area (Å²) in [5.74, 6) is 2.57. The fraction of sp³-hybridized carbons (Fsp3) is 1.00. The van der Waals surface area contributed by atoms with Crippen molar-refractivity contribution < 1.29 is 4.74 Å². The van der Waals surface area contributed by atoms with E-state index >= 15 is 0 Å². The van der Waals surface area contributed by atoms with Crippen molar-refractivity contribution in [2.75, 3.05) is 26.2 Å². The van der Waals surface area contributed by atoms with E-state index in [0.29, 0.717) is 12.1 Å². The molecule has 4 atom stereocenters. The largest absolute Gasteiger partial charge is 0.378 e. The molecule has 2 bridgehead atoms. The van der Waals surface area contributed by atoms with Crippen molar-refractivity contribution >= 4 is 0 Å². The highest BCUT2D eigenvalue weighted by Gasteiger charge is 2.46. The molecule has 0 aromatic carbocycles. The first-order chi connectivity index (χ1) is 8.78. The Bertz CT molecular complexity index is 274. The minimum atomic E-state index is 0.494. The van der Waals surface area contributed by atoms with Gasteiger partial charge in [0.2, 0.25) is 0 Å². The minimum Gasteiger partial charge on any atom is -0.378 e. The maximum absolute atomic E-state index is 6.40. The smallest absolute Gasteiger partial charge is 0.0599 e. The second-order valence-corrected chi connectivity index (χ2v) is 6.53. The quantitative estimate of drug-likeness (QED) is 0.830. The first-order valence-corrected chi connectivity index (χ1v) is 7.87. The van der Waals surface area contributed by atoms with Crippen LogP contribution in [0, 0.1) is 17.8 Å². The van der Waals surface area contributed by atoms with Crippen molar-refractivity contribution in [3.63, 3.8) is 0 Å². The summed E-state index contributed by atoms with van der Waals surface area (Å²) in [4.78, 5) is 2.64. The van der Waals surface area contributed by atoms with Crippen LogP contribution in [0.1, 0.15) is 39.0 Å². The summed E-state index contributed by atoms with van der Waals surface area (Å²) < 4.78 is 5.72. The van der Waals surface area contributed by atoms with Gasteiger partial charge in [0.15, 0.2) is 0 Å². The maximum Gasteiger partial charge on any atom is 0.0599 e. The van der Waals surface area contributed by atoms with E-state index in [-0.39, 0.29) is 0 Å². The van der Waals surface area contributed by atoms with Crippen LogP contribution in [0.5, 0.6) is 0 Å². The van der Waals surface area contributed by atoms with Crippen LogP contribution in [-0.4, -0.2) is 43.3 Å². The topological polar surface area (TPSA) is 38.5 Å². The third kappa shape index (κ3) is 2.45. The van der Waals surface area contributed by atoms with E-state index in [2.05, 4.69) is 11.8 Å². The van der Waals surface area contributed by atoms with Gasteiger partial charge in [0.25, 0.3) is 0 Å². The van der Waals surface area contributed by atoms with E-state index in [4.69, 9.17) is 10.5 Å². The molecule has 2 aliphatic carbocycles. The number of rotatable bonds is 4. The zero-order valence-corrected chi connectivity index (χ0v) is 11.7. The van der Waals surface area contributed by atoms with E-state index in [1.54, 1.807) is 0 Å². The van der Waals surface area contributed by atoms with Gasteiger partial charge in [0.05, 0.1) is 6.10 Å². The van der Waals surface area contributed by atoms with Gasteiger partial charge in [-0.2, -0.15) is 0 Å². The van der Waals surface area contributed by atoms with E-state index in [0.717, 1.165) is 24.4 Å². The average Bonchev–Trinajstić information content (AvgIpc) is 2.96. The lowest BCUT2D eigenvalue weighted by Crippen LogP contribution is -2.46. The number of nitrogens with two attached hydrogens (primary N) is 1. The molecule has 104 valence electrons. The van der Waals surface area contributed by atoms with E-state index in [1.165, 1.54) is 51.7 Å². The fourth-order valence-corrected chi connectivity index (χ4v) is 4.52. The molecular formula is C15H28N2O. The van der Waals surface area contributed by atoms with Gasteiger partial charge < -0.3 is 15.4 Å². The Morgan fingerprint density at radius 3 is 2.44 bits per heavy atom. The molecule has 3 heteroatoms. The molecule has 3 rings (SSSR count). The van der Waals surface area contributed by atoms with Crippen molar-refractivity contribution in [2.24, 2.45) is 23.5 Å². The van der Waals surface area contributed by atoms with Crippen molar-refractivity contribution in [3.05, 3.63) is 0 Å². The van der Waals surface area contributed by atoms with Crippen LogP contribution >= 0.6 is 0 Å². The Morgan fingerprint density at radius 2 is 1.83 bits per heavy atom. The zero-order valence-electron chi connectivity index (χ0n) is 11.7. The maximum atomic E-state index is 6.40. The Kier molecular flexibility index (Phi) is 3.92. The molecule has 2 N–H and O–H groups in total. The zero-order chi connectivity index (χ0) is 12.5. The summed E-state index contributed by atoms with van der Waals surface area (Å²) in [7, 11) is 0. The Balaban J connectivity index is 1.47. The standard InChI is InChI=1S/C15H28N2O/c1-2-18-13-5-7-17(8-6-13)10-14-11-3-4-12(9-11)15(14)16/h11-15H,2-10,16H2,1H3. The highest BCUT2D eigenvalue weighted by atomic mass is 16.5. The third-order valence-electron chi connectivity index (χ3n) is 5.56. The van der Waals surface area contributed by atoms with Crippen LogP contribution in [0.4, 0.5) is 0 Å². The van der Waals surface area contributed by atoms with Gasteiger partial charge in [-0.25, -0.2) is 0 Å². The lowest BCUT2D eigenvalue weighted by atomic mass is 9.84. The number of likely N-dealkylation sites (tertiary alicyclic amines) is 1. The molecule has 0 radical (unpaired) electrons. The minimum absolute atomic E-state index is 0.494. The molecule has 1 saturated heterocycles. The molecule has 0 aromatic rings. The van der Waals surface area contributed by atoms with Crippen LogP contribution < -0.4 is 5.73 Å². The number of nitrogens with zero attached hydrogens (tertiary/aromatic N) is 1. The van der Waals surface area contributed by atoms with Crippen LogP contribution in [0.25, 0.3) is 0 Å². The van der Waals surface area contributed by atoms with E-state index in [9.17, 15) is 0 Å². The summed E-state index contributed by atoms with van der Waals surface area (Å²) in [5.41, 5.74) is 6.40. The molecule has 0 amide bonds. The first kappa shape index (κ1) is 12.9. The number of piperidine rings is 1. The predicted molar refractivity (Wildman–Crippen MR) is 73.4 cm³/mol. The number of ether oxygens (including phenoxy) is 1. The molecule has 0 aromatic heterocycles. The number of hydrogen-bond donors (Lipinski definition) is 1. The molecule has 18 heavy (non-hydrogen) atoms. The van der Waals surface area contributed by atoms with Crippen molar-refractivity contribution in [3.8, 4) is 0 Å². The Morgan fingerprint density at radius 1 is 1.11 bits per heavy atom. The fourth-order valence-electron chi connectivity index (χ4n) is 4.52. The van der Waals surface area contributed by atoms with Gasteiger partial charge in [-0.1, -0.05) is 0 Å². The van der Waals surface area contributed by atoms with Crippen molar-refractivity contribution in [1.82, 2.24) is 4.90 Å². The second kappa shape index (κ2) is 5.48. The average molecular weight is 252 g/mol. The molecule has 4 unspecified atom stereocenters. The molecule has 1 heterocycles. The van der Waals surface area contributed by atoms with Gasteiger partial charge >= 0.3 is 0 Å². The van der Waals surface area contributed by atoms with Gasteiger partial charge in [0, 0.05) is 32.3 Å². The van der Waals surface area contributed by atoms with Gasteiger partial charge in [-0.3, -0.25) is 0 Å². The monoisotopic (exact) mass is 252 g/mol. The van der Waals surface area contributed by atoms with Gasteiger partial charge in [0.1, 0.15) is 0 Å². The predicted octanol–water partition coefficient (Wildman–Crippen LogP) is 1.86. The van der Waals surface area contributed by atoms with Gasteiger partial charge in [-0.05, 0) is 56.8 Å². The van der Waals surface area contributed by atoms with E-state index in [1.807, 2.05) is 0 Å². The lowest BCUT2D eigenvalue weighted by Gasteiger charge is -2.37. The lowest BCUT2D eigenvalue weighted by molar-refractivity contribution is 0.00825. The molecular weight excluding hydrogens is 224 g/mol. The normalized spacial score (nSPS) is 41.7. The summed E-state index contributed by atoms with van der Waals surface area (Å²) in [6, 6.07) is 0.494. The Labute approximate surface area is 111 Å². The molecule has 3 aliphatic rings. The molecule has 0 spiro atoms. The van der Waals surface area contributed by atoms with Crippen molar-refractivity contribution in [2.45, 2.75) is 51.2 Å². The first-order valence-electron chi connectivity index (χ1n) is 7.87. The molecule has 2 saturated carbocycles. The highest BCUT2D eigenvalue weighted by molar-refractivity contribution is 5.00. The summed E-state index contributed by atoms with van der Waals surface area (Å²) >= 11 is 0. The van der Waals surface area contributed by atoms with Gasteiger partial charge in [-0.15, -0.1) is 0 Å². The van der Waals surface area contributed by atoms with Crippen LogP contribution in [0.2, 0.25) is 0 Å². The highest BCUT2D eigenvalue weighted by Crippen LogP contribution is 2.47. The summed E-state index contributed by atoms with van der Waals surface area (Å²) in [6.07, 6.45) is 7.20. The molecule has 3 nitrogen and oxygen atoms in total. The molecule has 3 fully saturated rings. The van der Waals surface area contributed by atoms with Crippen molar-refractivity contribution in [1.29, 1.82) is 0 Å². The van der Waals surface area contributed by atoms with E-state index < -0.39 is 0 Å². The van der Waals surface area contributed by atoms with Crippen LogP contribution in [0.3, 0.4) is 0 Å². The number of hydrogen-bond acceptors (Lipinski definition) is 3. The third-order valence-corrected chi connectivity index (χ3v) is 5.56. The molecule has 1 aliphatic heterocycles. The van der Waals surface area contributed by atoms with Crippen LogP contribution in [0.15, 0.2) is 0 Å². The summed E-state index contributed by atoms with van der Waals surface area (Å²) in [6.45, 7) is 6.64. The van der Waals surface area contributed by atoms with Crippen LogP contribution in [-0.2, 0) is 4.74 Å². The summed E-state index contributed by atoms with van der Waals surface area (Å²) in [5, 5.41) is 0. The number of fused-ring (bicyclic) bond motifs is 2. The Hall–Kier alpha value is -0.120.